The second-order valence-electron chi connectivity index (χ2n) is 5.10. The number of hydrogen-bond donors (Lipinski definition) is 2. The van der Waals surface area contributed by atoms with E-state index in [4.69, 9.17) is 0 Å². The van der Waals surface area contributed by atoms with Gasteiger partial charge < -0.3 is 10.6 Å². The molecule has 0 radical (unpaired) electrons. The highest BCUT2D eigenvalue weighted by molar-refractivity contribution is 5.94. The van der Waals surface area contributed by atoms with Crippen LogP contribution in [0.2, 0.25) is 0 Å². The van der Waals surface area contributed by atoms with E-state index in [0.717, 1.165) is 24.3 Å². The molecule has 2 N–H and O–H groups in total. The van der Waals surface area contributed by atoms with E-state index in [2.05, 4.69) is 15.6 Å². The summed E-state index contributed by atoms with van der Waals surface area (Å²) in [4.78, 5) is 16.3. The Morgan fingerprint density at radius 1 is 1.19 bits per heavy atom. The molecule has 0 spiro atoms. The summed E-state index contributed by atoms with van der Waals surface area (Å²) >= 11 is 0. The molecule has 1 unspecified atom stereocenters. The maximum atomic E-state index is 12.1. The predicted octanol–water partition coefficient (Wildman–Crippen LogP) is 2.55. The summed E-state index contributed by atoms with van der Waals surface area (Å²) < 4.78 is 0. The van der Waals surface area contributed by atoms with E-state index in [9.17, 15) is 4.79 Å². The van der Waals surface area contributed by atoms with Crippen LogP contribution < -0.4 is 10.6 Å². The molecule has 1 heterocycles. The van der Waals surface area contributed by atoms with Gasteiger partial charge in [0.15, 0.2) is 0 Å². The molecule has 1 amide bonds. The molecule has 2 rings (SSSR count). The zero-order valence-electron chi connectivity index (χ0n) is 12.5. The number of rotatable bonds is 6. The summed E-state index contributed by atoms with van der Waals surface area (Å²) in [5, 5.41) is 6.11. The van der Waals surface area contributed by atoms with Gasteiger partial charge in [0.1, 0.15) is 0 Å². The summed E-state index contributed by atoms with van der Waals surface area (Å²) in [6, 6.07) is 13.4. The molecule has 1 aromatic heterocycles. The van der Waals surface area contributed by atoms with Gasteiger partial charge in [0.05, 0.1) is 6.04 Å². The van der Waals surface area contributed by atoms with E-state index < -0.39 is 0 Å². The molecule has 4 nitrogen and oxygen atoms in total. The second-order valence-corrected chi connectivity index (χ2v) is 5.10. The summed E-state index contributed by atoms with van der Waals surface area (Å²) in [5.41, 5.74) is 3.02. The summed E-state index contributed by atoms with van der Waals surface area (Å²) in [5.74, 6) is -0.0279. The first-order valence-electron chi connectivity index (χ1n) is 7.16. The van der Waals surface area contributed by atoms with Crippen molar-refractivity contribution in [2.45, 2.75) is 26.3 Å². The molecular weight excluding hydrogens is 262 g/mol. The Morgan fingerprint density at radius 2 is 1.95 bits per heavy atom. The summed E-state index contributed by atoms with van der Waals surface area (Å²) in [7, 11) is 0. The maximum absolute atomic E-state index is 12.1. The van der Waals surface area contributed by atoms with Gasteiger partial charge in [-0.05, 0) is 38.1 Å². The highest BCUT2D eigenvalue weighted by Crippen LogP contribution is 2.08. The van der Waals surface area contributed by atoms with Crippen molar-refractivity contribution >= 4 is 11.6 Å². The minimum atomic E-state index is -0.241. The highest BCUT2D eigenvalue weighted by atomic mass is 16.2. The van der Waals surface area contributed by atoms with Crippen LogP contribution in [0.5, 0.6) is 0 Å². The van der Waals surface area contributed by atoms with Crippen LogP contribution in [-0.4, -0.2) is 23.5 Å². The van der Waals surface area contributed by atoms with Gasteiger partial charge in [-0.1, -0.05) is 23.8 Å². The molecule has 2 aromatic rings. The number of nitrogens with zero attached hydrogens (tertiary/aromatic N) is 1. The van der Waals surface area contributed by atoms with Crippen LogP contribution in [-0.2, 0) is 11.2 Å². The van der Waals surface area contributed by atoms with E-state index in [-0.39, 0.29) is 11.9 Å². The number of hydrogen-bond acceptors (Lipinski definition) is 3. The molecule has 1 aromatic carbocycles. The molecule has 110 valence electrons. The third-order valence-electron chi connectivity index (χ3n) is 3.27. The molecule has 0 aliphatic carbocycles. The van der Waals surface area contributed by atoms with Crippen LogP contribution in [0.1, 0.15) is 18.2 Å². The number of nitrogens with one attached hydrogen (secondary N) is 2. The molecule has 1 atom stereocenters. The van der Waals surface area contributed by atoms with Crippen LogP contribution in [0.4, 0.5) is 5.69 Å². The molecule has 0 saturated carbocycles. The smallest absolute Gasteiger partial charge is 0.241 e. The lowest BCUT2D eigenvalue weighted by Gasteiger charge is -2.14. The molecule has 0 aliphatic rings. The number of carbonyl (C=O) groups is 1. The van der Waals surface area contributed by atoms with Gasteiger partial charge in [-0.25, -0.2) is 0 Å². The second kappa shape index (κ2) is 7.55. The van der Waals surface area contributed by atoms with E-state index in [1.165, 1.54) is 5.56 Å². The number of anilines is 1. The van der Waals surface area contributed by atoms with Gasteiger partial charge in [-0.2, -0.15) is 0 Å². The van der Waals surface area contributed by atoms with E-state index >= 15 is 0 Å². The molecule has 0 bridgehead atoms. The highest BCUT2D eigenvalue weighted by Gasteiger charge is 2.11. The van der Waals surface area contributed by atoms with Crippen LogP contribution in [0.25, 0.3) is 0 Å². The maximum Gasteiger partial charge on any atom is 0.241 e. The van der Waals surface area contributed by atoms with Gasteiger partial charge in [-0.3, -0.25) is 9.78 Å². The Morgan fingerprint density at radius 3 is 2.62 bits per heavy atom. The van der Waals surface area contributed by atoms with Crippen molar-refractivity contribution in [2.75, 3.05) is 11.9 Å². The van der Waals surface area contributed by atoms with E-state index in [1.807, 2.05) is 56.3 Å². The van der Waals surface area contributed by atoms with E-state index in [0.29, 0.717) is 0 Å². The molecule has 0 fully saturated rings. The Labute approximate surface area is 125 Å². The molecular formula is C17H21N3O. The van der Waals surface area contributed by atoms with Gasteiger partial charge in [0.2, 0.25) is 5.91 Å². The molecule has 21 heavy (non-hydrogen) atoms. The average Bonchev–Trinajstić information content (AvgIpc) is 2.50. The fraction of sp³-hybridized carbons (Fsp3) is 0.294. The predicted molar refractivity (Wildman–Crippen MR) is 85.2 cm³/mol. The first kappa shape index (κ1) is 15.2. The Balaban J connectivity index is 1.76. The third-order valence-corrected chi connectivity index (χ3v) is 3.27. The molecule has 0 saturated heterocycles. The van der Waals surface area contributed by atoms with Crippen LogP contribution in [0, 0.1) is 6.92 Å². The minimum Gasteiger partial charge on any atom is -0.325 e. The fourth-order valence-corrected chi connectivity index (χ4v) is 1.94. The van der Waals surface area contributed by atoms with Crippen molar-refractivity contribution in [3.8, 4) is 0 Å². The van der Waals surface area contributed by atoms with Gasteiger partial charge >= 0.3 is 0 Å². The van der Waals surface area contributed by atoms with Crippen molar-refractivity contribution < 1.29 is 4.79 Å². The topological polar surface area (TPSA) is 54.0 Å². The normalized spacial score (nSPS) is 11.9. The van der Waals surface area contributed by atoms with Crippen molar-refractivity contribution in [2.24, 2.45) is 0 Å². The Bertz CT molecular complexity index is 566. The summed E-state index contributed by atoms with van der Waals surface area (Å²) in [6.45, 7) is 4.61. The number of aromatic nitrogens is 1. The largest absolute Gasteiger partial charge is 0.325 e. The fourth-order valence-electron chi connectivity index (χ4n) is 1.94. The zero-order valence-corrected chi connectivity index (χ0v) is 12.5. The zero-order chi connectivity index (χ0) is 15.1. The quantitative estimate of drug-likeness (QED) is 0.856. The lowest BCUT2D eigenvalue weighted by atomic mass is 10.2. The first-order chi connectivity index (χ1) is 10.1. The lowest BCUT2D eigenvalue weighted by molar-refractivity contribution is -0.117. The minimum absolute atomic E-state index is 0.0279. The number of benzene rings is 1. The van der Waals surface area contributed by atoms with E-state index in [1.54, 1.807) is 6.20 Å². The third kappa shape index (κ3) is 5.00. The lowest BCUT2D eigenvalue weighted by Crippen LogP contribution is -2.39. The SMILES string of the molecule is Cc1ccc(NC(=O)C(C)NCCc2ccccn2)cc1. The average molecular weight is 283 g/mol. The van der Waals surface area contributed by atoms with Crippen molar-refractivity contribution in [1.82, 2.24) is 10.3 Å². The number of carbonyl (C=O) groups excluding carboxylic acids is 1. The van der Waals surface area contributed by atoms with Crippen molar-refractivity contribution in [1.29, 1.82) is 0 Å². The number of amides is 1. The Hall–Kier alpha value is -2.20. The van der Waals surface area contributed by atoms with Crippen LogP contribution in [0.3, 0.4) is 0 Å². The monoisotopic (exact) mass is 283 g/mol. The van der Waals surface area contributed by atoms with Crippen LogP contribution in [0.15, 0.2) is 48.7 Å². The molecule has 4 heteroatoms. The van der Waals surface area contributed by atoms with Crippen molar-refractivity contribution in [3.63, 3.8) is 0 Å². The van der Waals surface area contributed by atoms with Crippen LogP contribution >= 0.6 is 0 Å². The summed E-state index contributed by atoms with van der Waals surface area (Å²) in [6.07, 6.45) is 2.59. The molecule has 0 aliphatic heterocycles. The van der Waals surface area contributed by atoms with Gasteiger partial charge in [0.25, 0.3) is 0 Å². The van der Waals surface area contributed by atoms with Gasteiger partial charge in [-0.15, -0.1) is 0 Å². The van der Waals surface area contributed by atoms with Crippen molar-refractivity contribution in [3.05, 3.63) is 59.9 Å². The Kier molecular flexibility index (Phi) is 5.46. The van der Waals surface area contributed by atoms with Gasteiger partial charge in [0, 0.05) is 30.5 Å². The number of aryl methyl sites for hydroxylation is 1. The first-order valence-corrected chi connectivity index (χ1v) is 7.16. The number of pyridine rings is 1. The standard InChI is InChI=1S/C17H21N3O/c1-13-6-8-16(9-7-13)20-17(21)14(2)18-12-10-15-5-3-4-11-19-15/h3-9,11,14,18H,10,12H2,1-2H3,(H,20,21).